The fourth-order valence-electron chi connectivity index (χ4n) is 5.48. The van der Waals surface area contributed by atoms with E-state index in [-0.39, 0.29) is 24.3 Å². The highest BCUT2D eigenvalue weighted by molar-refractivity contribution is 6.10. The van der Waals surface area contributed by atoms with E-state index in [1.165, 1.54) is 7.11 Å². The summed E-state index contributed by atoms with van der Waals surface area (Å²) in [5.41, 5.74) is 4.28. The smallest absolute Gasteiger partial charge is 0.322 e. The molecule has 2 atom stereocenters. The van der Waals surface area contributed by atoms with Gasteiger partial charge in [0.05, 0.1) is 25.1 Å². The topological polar surface area (TPSA) is 127 Å². The van der Waals surface area contributed by atoms with Crippen LogP contribution < -0.4 is 15.4 Å². The number of hydrogen-bond donors (Lipinski definition) is 2. The number of carbonyl (C=O) groups is 3. The summed E-state index contributed by atoms with van der Waals surface area (Å²) < 4.78 is 13.4. The molecule has 6 rings (SSSR count). The normalized spacial score (nSPS) is 24.1. The summed E-state index contributed by atoms with van der Waals surface area (Å²) in [4.78, 5) is 45.0. The van der Waals surface area contributed by atoms with Crippen LogP contribution in [0.15, 0.2) is 46.8 Å². The first kappa shape index (κ1) is 23.0. The number of fused-ring (bicyclic) bond motifs is 2. The number of aliphatic imine (C=N–C) groups is 1. The van der Waals surface area contributed by atoms with Crippen LogP contribution in [0, 0.1) is 13.8 Å². The Hall–Kier alpha value is -4.41. The molecule has 4 amide bonds. The largest absolute Gasteiger partial charge is 0.497 e. The molecule has 1 fully saturated rings. The van der Waals surface area contributed by atoms with Crippen molar-refractivity contribution in [1.29, 1.82) is 0 Å². The summed E-state index contributed by atoms with van der Waals surface area (Å²) >= 11 is 0. The van der Waals surface area contributed by atoms with E-state index in [1.807, 2.05) is 31.6 Å². The van der Waals surface area contributed by atoms with Crippen LogP contribution in [0.25, 0.3) is 0 Å². The molecule has 4 aliphatic heterocycles. The van der Waals surface area contributed by atoms with Gasteiger partial charge in [0.2, 0.25) is 0 Å². The van der Waals surface area contributed by atoms with E-state index in [4.69, 9.17) is 9.47 Å². The van der Waals surface area contributed by atoms with Gasteiger partial charge in [0.15, 0.2) is 5.54 Å². The van der Waals surface area contributed by atoms with E-state index >= 15 is 0 Å². The fraction of sp³-hybridized carbons (Fsp3) is 0.346. The van der Waals surface area contributed by atoms with Gasteiger partial charge in [-0.05, 0) is 37.6 Å². The fourth-order valence-corrected chi connectivity index (χ4v) is 5.48. The summed E-state index contributed by atoms with van der Waals surface area (Å²) in [6.07, 6.45) is 3.59. The van der Waals surface area contributed by atoms with Crippen LogP contribution in [0.3, 0.4) is 0 Å². The van der Waals surface area contributed by atoms with Crippen LogP contribution in [0.2, 0.25) is 0 Å². The monoisotopic (exact) mass is 502 g/mol. The number of nitrogens with one attached hydrogen (secondary N) is 2. The lowest BCUT2D eigenvalue weighted by atomic mass is 9.94. The van der Waals surface area contributed by atoms with Crippen LogP contribution >= 0.6 is 0 Å². The van der Waals surface area contributed by atoms with Crippen molar-refractivity contribution in [1.82, 2.24) is 25.3 Å². The zero-order chi connectivity index (χ0) is 26.1. The first-order valence-electron chi connectivity index (χ1n) is 12.0. The van der Waals surface area contributed by atoms with Gasteiger partial charge in [-0.3, -0.25) is 24.6 Å². The number of methoxy groups -OCH3 is 1. The lowest BCUT2D eigenvalue weighted by Gasteiger charge is -2.32. The first-order valence-corrected chi connectivity index (χ1v) is 12.0. The Morgan fingerprint density at radius 1 is 1.24 bits per heavy atom. The second-order valence-electron chi connectivity index (χ2n) is 9.69. The van der Waals surface area contributed by atoms with Crippen molar-refractivity contribution in [2.75, 3.05) is 13.7 Å². The van der Waals surface area contributed by atoms with E-state index in [9.17, 15) is 14.4 Å². The minimum absolute atomic E-state index is 0.0826. The molecule has 2 unspecified atom stereocenters. The second-order valence-corrected chi connectivity index (χ2v) is 9.69. The van der Waals surface area contributed by atoms with Crippen LogP contribution in [-0.4, -0.2) is 63.5 Å². The molecule has 2 aromatic rings. The summed E-state index contributed by atoms with van der Waals surface area (Å²) in [6, 6.07) is 4.67. The molecular formula is C26H26N6O5. The Labute approximate surface area is 212 Å². The summed E-state index contributed by atoms with van der Waals surface area (Å²) in [5, 5.41) is 9.55. The van der Waals surface area contributed by atoms with Gasteiger partial charge >= 0.3 is 6.03 Å². The predicted molar refractivity (Wildman–Crippen MR) is 132 cm³/mol. The molecule has 37 heavy (non-hydrogen) atoms. The number of urea groups is 1. The van der Waals surface area contributed by atoms with Gasteiger partial charge in [0, 0.05) is 48.6 Å². The Bertz CT molecular complexity index is 1480. The van der Waals surface area contributed by atoms with Crippen molar-refractivity contribution in [3.8, 4) is 5.75 Å². The minimum Gasteiger partial charge on any atom is -0.497 e. The van der Waals surface area contributed by atoms with Crippen molar-refractivity contribution in [3.05, 3.63) is 69.9 Å². The highest BCUT2D eigenvalue weighted by Crippen LogP contribution is 2.38. The highest BCUT2D eigenvalue weighted by atomic mass is 16.5. The number of aromatic nitrogens is 2. The molecule has 0 spiro atoms. The van der Waals surface area contributed by atoms with E-state index in [2.05, 4.69) is 20.7 Å². The van der Waals surface area contributed by atoms with Gasteiger partial charge in [0.25, 0.3) is 11.8 Å². The molecule has 1 aromatic carbocycles. The van der Waals surface area contributed by atoms with Crippen LogP contribution in [-0.2, 0) is 23.1 Å². The maximum Gasteiger partial charge on any atom is 0.322 e. The van der Waals surface area contributed by atoms with Crippen molar-refractivity contribution >= 4 is 23.6 Å². The van der Waals surface area contributed by atoms with Gasteiger partial charge in [-0.1, -0.05) is 6.07 Å². The van der Waals surface area contributed by atoms with E-state index in [0.717, 1.165) is 33.8 Å². The summed E-state index contributed by atoms with van der Waals surface area (Å²) in [5.74, 6) is 0.0443. The Balaban J connectivity index is 1.31. The molecule has 1 saturated heterocycles. The summed E-state index contributed by atoms with van der Waals surface area (Å²) in [6.45, 7) is 4.15. The Morgan fingerprint density at radius 2 is 2.05 bits per heavy atom. The summed E-state index contributed by atoms with van der Waals surface area (Å²) in [7, 11) is 3.43. The average Bonchev–Trinajstić information content (AvgIpc) is 3.58. The van der Waals surface area contributed by atoms with Crippen molar-refractivity contribution < 1.29 is 23.9 Å². The molecule has 0 bridgehead atoms. The van der Waals surface area contributed by atoms with Gasteiger partial charge in [0.1, 0.15) is 17.6 Å². The zero-order valence-electron chi connectivity index (χ0n) is 20.9. The van der Waals surface area contributed by atoms with E-state index in [0.29, 0.717) is 24.3 Å². The molecule has 0 saturated carbocycles. The lowest BCUT2D eigenvalue weighted by Crippen LogP contribution is -2.57. The van der Waals surface area contributed by atoms with Crippen molar-refractivity contribution in [2.24, 2.45) is 12.0 Å². The number of nitrogens with zero attached hydrogens (tertiary/aromatic N) is 4. The van der Waals surface area contributed by atoms with Crippen LogP contribution in [0.5, 0.6) is 5.75 Å². The SMILES string of the molecule is COc1ccc2c(c1)C(=O)N(CC1(C3=CC4=CN=C(c5c(C)nn(C)c5C)CC4O3)NC(=O)NC1=O)C2. The third-order valence-corrected chi connectivity index (χ3v) is 7.47. The number of benzene rings is 1. The molecular weight excluding hydrogens is 476 g/mol. The standard InChI is InChI=1S/C26H26N6O5/c1-13-22(14(2)31(3)30-13)19-9-20-16(10-27-19)7-21(37-20)26(24(34)28-25(35)29-26)12-32-11-15-5-6-17(36-4)8-18(15)23(32)33/h5-8,10,20H,9,11-12H2,1-4H3,(H2,28,29,34,35). The quantitative estimate of drug-likeness (QED) is 0.599. The molecule has 190 valence electrons. The maximum atomic E-state index is 13.2. The zero-order valence-corrected chi connectivity index (χ0v) is 20.9. The van der Waals surface area contributed by atoms with Gasteiger partial charge in [-0.15, -0.1) is 0 Å². The number of aryl methyl sites for hydroxylation is 2. The van der Waals surface area contributed by atoms with E-state index < -0.39 is 17.5 Å². The third kappa shape index (κ3) is 3.45. The lowest BCUT2D eigenvalue weighted by molar-refractivity contribution is -0.124. The third-order valence-electron chi connectivity index (χ3n) is 7.47. The van der Waals surface area contributed by atoms with Crippen molar-refractivity contribution in [3.63, 3.8) is 0 Å². The van der Waals surface area contributed by atoms with Crippen molar-refractivity contribution in [2.45, 2.75) is 38.5 Å². The first-order chi connectivity index (χ1) is 17.7. The highest BCUT2D eigenvalue weighted by Gasteiger charge is 2.55. The Kier molecular flexibility index (Phi) is 5.01. The molecule has 1 aromatic heterocycles. The minimum atomic E-state index is -1.56. The number of rotatable bonds is 5. The number of carbonyl (C=O) groups excluding carboxylic acids is 3. The van der Waals surface area contributed by atoms with Gasteiger partial charge < -0.3 is 19.7 Å². The molecule has 11 nitrogen and oxygen atoms in total. The van der Waals surface area contributed by atoms with Crippen LogP contribution in [0.1, 0.15) is 39.3 Å². The molecule has 0 radical (unpaired) electrons. The van der Waals surface area contributed by atoms with E-state index in [1.54, 1.807) is 29.3 Å². The second kappa shape index (κ2) is 8.05. The molecule has 4 aliphatic rings. The maximum absolute atomic E-state index is 13.2. The molecule has 5 heterocycles. The number of hydrogen-bond acceptors (Lipinski definition) is 7. The number of imide groups is 1. The molecule has 11 heteroatoms. The molecule has 0 aliphatic carbocycles. The number of ether oxygens (including phenoxy) is 2. The number of amides is 4. The predicted octanol–water partition coefficient (Wildman–Crippen LogP) is 1.64. The van der Waals surface area contributed by atoms with Gasteiger partial charge in [-0.2, -0.15) is 5.10 Å². The van der Waals surface area contributed by atoms with Crippen LogP contribution in [0.4, 0.5) is 4.79 Å². The Morgan fingerprint density at radius 3 is 2.73 bits per heavy atom. The molecule has 2 N–H and O–H groups in total. The van der Waals surface area contributed by atoms with Gasteiger partial charge in [-0.25, -0.2) is 4.79 Å². The average molecular weight is 503 g/mol.